The summed E-state index contributed by atoms with van der Waals surface area (Å²) in [4.78, 5) is 25.8. The third-order valence-corrected chi connectivity index (χ3v) is 6.57. The van der Waals surface area contributed by atoms with Gasteiger partial charge < -0.3 is 29.0 Å². The van der Waals surface area contributed by atoms with Crippen LogP contribution < -0.4 is 24.3 Å². The highest BCUT2D eigenvalue weighted by molar-refractivity contribution is 6.31. The van der Waals surface area contributed by atoms with Gasteiger partial charge >= 0.3 is 11.9 Å². The minimum absolute atomic E-state index is 0.00479. The summed E-state index contributed by atoms with van der Waals surface area (Å²) >= 11 is 5.86. The van der Waals surface area contributed by atoms with Crippen LogP contribution >= 0.6 is 11.6 Å². The second-order valence-electron chi connectivity index (χ2n) is 8.99. The highest BCUT2D eigenvalue weighted by Crippen LogP contribution is 2.34. The molecule has 0 bridgehead atoms. The monoisotopic (exact) mass is 593 g/mol. The summed E-state index contributed by atoms with van der Waals surface area (Å²) in [5.74, 6) is -0.736. The summed E-state index contributed by atoms with van der Waals surface area (Å²) in [6.45, 7) is 0.655. The number of hydrogen-bond donors (Lipinski definition) is 1. The first-order valence-corrected chi connectivity index (χ1v) is 13.3. The van der Waals surface area contributed by atoms with Crippen LogP contribution in [0.15, 0.2) is 78.9 Å². The van der Waals surface area contributed by atoms with Gasteiger partial charge in [0.25, 0.3) is 0 Å². The molecule has 4 rings (SSSR count). The predicted molar refractivity (Wildman–Crippen MR) is 157 cm³/mol. The Bertz CT molecular complexity index is 1560. The van der Waals surface area contributed by atoms with Crippen LogP contribution in [0.5, 0.6) is 23.0 Å². The van der Waals surface area contributed by atoms with Crippen molar-refractivity contribution in [3.63, 3.8) is 0 Å². The van der Waals surface area contributed by atoms with Crippen LogP contribution in [0.25, 0.3) is 0 Å². The van der Waals surface area contributed by atoms with E-state index in [0.717, 1.165) is 5.56 Å². The van der Waals surface area contributed by atoms with E-state index in [2.05, 4.69) is 5.32 Å². The van der Waals surface area contributed by atoms with Gasteiger partial charge in [-0.3, -0.25) is 0 Å². The van der Waals surface area contributed by atoms with Gasteiger partial charge in [-0.05, 0) is 66.1 Å². The molecule has 0 unspecified atom stereocenters. The Labute approximate surface area is 247 Å². The molecule has 0 amide bonds. The van der Waals surface area contributed by atoms with Crippen molar-refractivity contribution in [1.82, 2.24) is 0 Å². The van der Waals surface area contributed by atoms with Crippen molar-refractivity contribution in [1.29, 1.82) is 0 Å². The third-order valence-electron chi connectivity index (χ3n) is 6.28. The standard InChI is InChI=1S/C32H29ClFNO7/c1-38-27-12-9-22(16-29(27)41-19-20-7-5-4-6-8-20)31(36)42-30-18-24(32(37)40-3)21(15-28(30)39-2)13-14-35-23-10-11-26(34)25(33)17-23/h4-12,15-18,35H,13-14,19H2,1-3H3. The topological polar surface area (TPSA) is 92.3 Å². The summed E-state index contributed by atoms with van der Waals surface area (Å²) < 4.78 is 40.9. The Hall–Kier alpha value is -4.76. The number of esters is 2. The molecule has 8 nitrogen and oxygen atoms in total. The number of carbonyl (C=O) groups is 2. The number of methoxy groups -OCH3 is 3. The van der Waals surface area contributed by atoms with Gasteiger partial charge in [-0.15, -0.1) is 0 Å². The number of rotatable bonds is 12. The molecule has 0 saturated heterocycles. The van der Waals surface area contributed by atoms with Gasteiger partial charge in [0.15, 0.2) is 23.0 Å². The van der Waals surface area contributed by atoms with E-state index in [1.165, 1.54) is 45.6 Å². The highest BCUT2D eigenvalue weighted by Gasteiger charge is 2.21. The van der Waals surface area contributed by atoms with E-state index in [-0.39, 0.29) is 34.3 Å². The Morgan fingerprint density at radius 2 is 1.57 bits per heavy atom. The Morgan fingerprint density at radius 3 is 2.26 bits per heavy atom. The second kappa shape index (κ2) is 14.2. The first-order valence-electron chi connectivity index (χ1n) is 12.9. The van der Waals surface area contributed by atoms with E-state index in [1.54, 1.807) is 24.3 Å². The lowest BCUT2D eigenvalue weighted by Gasteiger charge is -2.16. The van der Waals surface area contributed by atoms with E-state index in [0.29, 0.717) is 35.7 Å². The minimum Gasteiger partial charge on any atom is -0.493 e. The molecule has 0 radical (unpaired) electrons. The van der Waals surface area contributed by atoms with Crippen molar-refractivity contribution in [2.45, 2.75) is 13.0 Å². The average molecular weight is 594 g/mol. The highest BCUT2D eigenvalue weighted by atomic mass is 35.5. The second-order valence-corrected chi connectivity index (χ2v) is 9.39. The fraction of sp³-hybridized carbons (Fsp3) is 0.188. The molecule has 10 heteroatoms. The molecular formula is C32H29ClFNO7. The third kappa shape index (κ3) is 7.50. The molecule has 0 fully saturated rings. The zero-order chi connectivity index (χ0) is 30.1. The fourth-order valence-corrected chi connectivity index (χ4v) is 4.29. The summed E-state index contributed by atoms with van der Waals surface area (Å²) in [5.41, 5.74) is 2.54. The van der Waals surface area contributed by atoms with Crippen LogP contribution in [-0.2, 0) is 17.8 Å². The molecule has 0 aliphatic rings. The van der Waals surface area contributed by atoms with Crippen molar-refractivity contribution in [3.05, 3.63) is 112 Å². The maximum atomic E-state index is 13.5. The average Bonchev–Trinajstić information content (AvgIpc) is 3.01. The van der Waals surface area contributed by atoms with E-state index in [4.69, 9.17) is 35.3 Å². The molecule has 0 aliphatic carbocycles. The van der Waals surface area contributed by atoms with Crippen molar-refractivity contribution >= 4 is 29.2 Å². The molecule has 4 aromatic carbocycles. The van der Waals surface area contributed by atoms with Crippen molar-refractivity contribution < 1.29 is 37.7 Å². The molecule has 0 aliphatic heterocycles. The molecule has 0 saturated carbocycles. The van der Waals surface area contributed by atoms with Crippen molar-refractivity contribution in [2.24, 2.45) is 0 Å². The van der Waals surface area contributed by atoms with Gasteiger partial charge in [0.2, 0.25) is 0 Å². The van der Waals surface area contributed by atoms with Gasteiger partial charge in [-0.25, -0.2) is 14.0 Å². The van der Waals surface area contributed by atoms with Crippen LogP contribution in [0.1, 0.15) is 31.8 Å². The van der Waals surface area contributed by atoms with Gasteiger partial charge in [0.1, 0.15) is 12.4 Å². The van der Waals surface area contributed by atoms with Crippen LogP contribution in [0, 0.1) is 5.82 Å². The van der Waals surface area contributed by atoms with Crippen molar-refractivity contribution in [3.8, 4) is 23.0 Å². The summed E-state index contributed by atoms with van der Waals surface area (Å²) in [6, 6.07) is 21.6. The van der Waals surface area contributed by atoms with E-state index in [1.807, 2.05) is 30.3 Å². The molecule has 0 heterocycles. The minimum atomic E-state index is -0.695. The zero-order valence-corrected chi connectivity index (χ0v) is 24.0. The Morgan fingerprint density at radius 1 is 0.810 bits per heavy atom. The van der Waals surface area contributed by atoms with E-state index in [9.17, 15) is 14.0 Å². The lowest BCUT2D eigenvalue weighted by molar-refractivity contribution is 0.0596. The number of carbonyl (C=O) groups excluding carboxylic acids is 2. The normalized spacial score (nSPS) is 10.5. The van der Waals surface area contributed by atoms with Crippen LogP contribution in [-0.4, -0.2) is 39.8 Å². The summed E-state index contributed by atoms with van der Waals surface area (Å²) in [5, 5.41) is 3.13. The van der Waals surface area contributed by atoms with Gasteiger partial charge in [0.05, 0.1) is 37.5 Å². The lowest BCUT2D eigenvalue weighted by Crippen LogP contribution is -2.14. The predicted octanol–water partition coefficient (Wildman–Crippen LogP) is 6.74. The van der Waals surface area contributed by atoms with Gasteiger partial charge in [-0.1, -0.05) is 41.9 Å². The smallest absolute Gasteiger partial charge is 0.343 e. The number of nitrogens with one attached hydrogen (secondary N) is 1. The molecule has 218 valence electrons. The van der Waals surface area contributed by atoms with Gasteiger partial charge in [0, 0.05) is 12.2 Å². The molecule has 0 aromatic heterocycles. The van der Waals surface area contributed by atoms with E-state index < -0.39 is 17.8 Å². The SMILES string of the molecule is COC(=O)c1cc(OC(=O)c2ccc(OC)c(OCc3ccccc3)c2)c(OC)cc1CCNc1ccc(F)c(Cl)c1. The van der Waals surface area contributed by atoms with Crippen LogP contribution in [0.4, 0.5) is 10.1 Å². The largest absolute Gasteiger partial charge is 0.493 e. The zero-order valence-electron chi connectivity index (χ0n) is 23.2. The molecular weight excluding hydrogens is 565 g/mol. The molecule has 0 atom stereocenters. The number of ether oxygens (including phenoxy) is 5. The van der Waals surface area contributed by atoms with E-state index >= 15 is 0 Å². The number of anilines is 1. The molecule has 4 aromatic rings. The maximum absolute atomic E-state index is 13.5. The summed E-state index contributed by atoms with van der Waals surface area (Å²) in [7, 11) is 4.19. The summed E-state index contributed by atoms with van der Waals surface area (Å²) in [6.07, 6.45) is 0.366. The Balaban J connectivity index is 1.53. The van der Waals surface area contributed by atoms with Crippen LogP contribution in [0.2, 0.25) is 5.02 Å². The van der Waals surface area contributed by atoms with Gasteiger partial charge in [-0.2, -0.15) is 0 Å². The number of halogens is 2. The maximum Gasteiger partial charge on any atom is 0.343 e. The lowest BCUT2D eigenvalue weighted by atomic mass is 10.0. The molecule has 0 spiro atoms. The molecule has 42 heavy (non-hydrogen) atoms. The molecule has 1 N–H and O–H groups in total. The van der Waals surface area contributed by atoms with Crippen LogP contribution in [0.3, 0.4) is 0 Å². The fourth-order valence-electron chi connectivity index (χ4n) is 4.11. The first-order chi connectivity index (χ1) is 20.3. The number of benzene rings is 4. The van der Waals surface area contributed by atoms with Crippen molar-refractivity contribution in [2.75, 3.05) is 33.2 Å². The Kier molecular flexibility index (Phi) is 10.2. The quantitative estimate of drug-likeness (QED) is 0.143. The first kappa shape index (κ1) is 30.2. The number of hydrogen-bond acceptors (Lipinski definition) is 8.